The number of rotatable bonds is 9. The minimum Gasteiger partial charge on any atom is -0.368 e. The molecule has 7 nitrogen and oxygen atoms in total. The molecular formula is C25H28F2N6O. The molecular weight excluding hydrogens is 438 g/mol. The maximum atomic E-state index is 14.4. The van der Waals surface area contributed by atoms with E-state index in [2.05, 4.69) is 31.1 Å². The summed E-state index contributed by atoms with van der Waals surface area (Å²) >= 11 is 0. The molecule has 1 aliphatic heterocycles. The lowest BCUT2D eigenvalue weighted by molar-refractivity contribution is 0.0924. The molecule has 2 atom stereocenters. The first-order valence-corrected chi connectivity index (χ1v) is 11.3. The summed E-state index contributed by atoms with van der Waals surface area (Å²) in [4.78, 5) is 16.6. The fourth-order valence-electron chi connectivity index (χ4n) is 4.05. The third kappa shape index (κ3) is 5.53. The predicted molar refractivity (Wildman–Crippen MR) is 127 cm³/mol. The monoisotopic (exact) mass is 466 g/mol. The van der Waals surface area contributed by atoms with Crippen LogP contribution in [0.2, 0.25) is 0 Å². The van der Waals surface area contributed by atoms with Crippen molar-refractivity contribution in [3.63, 3.8) is 0 Å². The Morgan fingerprint density at radius 3 is 2.68 bits per heavy atom. The van der Waals surface area contributed by atoms with Crippen LogP contribution in [0.4, 0.5) is 14.6 Å². The number of pyridine rings is 1. The van der Waals surface area contributed by atoms with Gasteiger partial charge in [0.25, 0.3) is 5.91 Å². The minimum atomic E-state index is -1.13. The van der Waals surface area contributed by atoms with E-state index in [1.165, 1.54) is 25.3 Å². The molecule has 1 aromatic carbocycles. The van der Waals surface area contributed by atoms with E-state index in [0.717, 1.165) is 18.7 Å². The van der Waals surface area contributed by atoms with Crippen LogP contribution in [0.25, 0.3) is 11.3 Å². The first-order valence-electron chi connectivity index (χ1n) is 11.3. The molecule has 0 saturated carbocycles. The van der Waals surface area contributed by atoms with Crippen molar-refractivity contribution in [2.75, 3.05) is 25.0 Å². The van der Waals surface area contributed by atoms with E-state index in [1.54, 1.807) is 31.2 Å². The Morgan fingerprint density at radius 2 is 2.03 bits per heavy atom. The van der Waals surface area contributed by atoms with Gasteiger partial charge < -0.3 is 16.0 Å². The molecule has 0 unspecified atom stereocenters. The second-order valence-electron chi connectivity index (χ2n) is 8.95. The fourth-order valence-corrected chi connectivity index (χ4v) is 4.05. The first-order chi connectivity index (χ1) is 16.3. The molecule has 0 radical (unpaired) electrons. The Bertz CT molecular complexity index is 1140. The molecule has 1 amide bonds. The summed E-state index contributed by atoms with van der Waals surface area (Å²) in [5.41, 5.74) is 1.27. The Hall–Kier alpha value is -3.46. The molecule has 0 spiro atoms. The van der Waals surface area contributed by atoms with E-state index in [9.17, 15) is 13.6 Å². The molecule has 1 saturated heterocycles. The smallest absolute Gasteiger partial charge is 0.251 e. The van der Waals surface area contributed by atoms with Crippen molar-refractivity contribution in [3.8, 4) is 11.3 Å². The third-order valence-corrected chi connectivity index (χ3v) is 5.92. The van der Waals surface area contributed by atoms with Crippen LogP contribution in [-0.2, 0) is 5.41 Å². The van der Waals surface area contributed by atoms with E-state index < -0.39 is 17.4 Å². The summed E-state index contributed by atoms with van der Waals surface area (Å²) in [6.07, 6.45) is 0.475. The molecule has 1 aliphatic rings. The topological polar surface area (TPSA) is 91.8 Å². The maximum absolute atomic E-state index is 14.4. The van der Waals surface area contributed by atoms with Gasteiger partial charge in [0.05, 0.1) is 23.6 Å². The Kier molecular flexibility index (Phi) is 7.12. The highest BCUT2D eigenvalue weighted by Crippen LogP contribution is 2.31. The highest BCUT2D eigenvalue weighted by atomic mass is 19.1. The summed E-state index contributed by atoms with van der Waals surface area (Å²) in [5.74, 6) is -0.113. The molecule has 0 aliphatic carbocycles. The van der Waals surface area contributed by atoms with Crippen molar-refractivity contribution in [2.45, 2.75) is 37.9 Å². The van der Waals surface area contributed by atoms with Gasteiger partial charge >= 0.3 is 0 Å². The number of hydrogen-bond donors (Lipinski definition) is 3. The van der Waals surface area contributed by atoms with Gasteiger partial charge in [-0.2, -0.15) is 0 Å². The van der Waals surface area contributed by atoms with E-state index >= 15 is 0 Å². The number of amides is 1. The van der Waals surface area contributed by atoms with Crippen molar-refractivity contribution >= 4 is 11.7 Å². The Labute approximate surface area is 197 Å². The van der Waals surface area contributed by atoms with Gasteiger partial charge in [-0.15, -0.1) is 10.2 Å². The number of carbonyl (C=O) groups is 1. The van der Waals surface area contributed by atoms with Gasteiger partial charge in [0.15, 0.2) is 0 Å². The SMILES string of the molecule is C[C@H](F)C[C@@](C)(CNc1ccc(-c2cccc(C(=O)NC3CNC3)c2)nn1)c1ncccc1F. The summed E-state index contributed by atoms with van der Waals surface area (Å²) in [7, 11) is 0. The van der Waals surface area contributed by atoms with Crippen LogP contribution >= 0.6 is 0 Å². The number of hydrogen-bond acceptors (Lipinski definition) is 6. The van der Waals surface area contributed by atoms with E-state index in [1.807, 2.05) is 12.1 Å². The van der Waals surface area contributed by atoms with Gasteiger partial charge in [0.1, 0.15) is 11.6 Å². The fraction of sp³-hybridized carbons (Fsp3) is 0.360. The van der Waals surface area contributed by atoms with Crippen molar-refractivity contribution in [2.24, 2.45) is 0 Å². The number of benzene rings is 1. The average molecular weight is 467 g/mol. The molecule has 3 aromatic rings. The molecule has 0 bridgehead atoms. The quantitative estimate of drug-likeness (QED) is 0.447. The molecule has 4 rings (SSSR count). The maximum Gasteiger partial charge on any atom is 0.251 e. The van der Waals surface area contributed by atoms with Crippen molar-refractivity contribution in [1.82, 2.24) is 25.8 Å². The van der Waals surface area contributed by atoms with E-state index in [0.29, 0.717) is 17.1 Å². The zero-order chi connectivity index (χ0) is 24.1. The lowest BCUT2D eigenvalue weighted by Crippen LogP contribution is -2.56. The first kappa shape index (κ1) is 23.7. The molecule has 3 heterocycles. The van der Waals surface area contributed by atoms with Gasteiger partial charge in [-0.25, -0.2) is 8.78 Å². The minimum absolute atomic E-state index is 0.102. The second-order valence-corrected chi connectivity index (χ2v) is 8.95. The van der Waals surface area contributed by atoms with Gasteiger partial charge in [-0.05, 0) is 49.7 Å². The van der Waals surface area contributed by atoms with Gasteiger partial charge in [0, 0.05) is 42.4 Å². The lowest BCUT2D eigenvalue weighted by atomic mass is 9.81. The zero-order valence-electron chi connectivity index (χ0n) is 19.2. The summed E-state index contributed by atoms with van der Waals surface area (Å²) in [5, 5.41) is 17.7. The zero-order valence-corrected chi connectivity index (χ0v) is 19.2. The van der Waals surface area contributed by atoms with Crippen molar-refractivity contribution in [1.29, 1.82) is 0 Å². The number of aromatic nitrogens is 3. The normalized spacial score (nSPS) is 16.2. The van der Waals surface area contributed by atoms with Crippen LogP contribution in [0.15, 0.2) is 54.7 Å². The second kappa shape index (κ2) is 10.2. The molecule has 3 N–H and O–H groups in total. The van der Waals surface area contributed by atoms with Crippen LogP contribution < -0.4 is 16.0 Å². The van der Waals surface area contributed by atoms with Crippen LogP contribution in [0.1, 0.15) is 36.3 Å². The van der Waals surface area contributed by atoms with Gasteiger partial charge in [-0.3, -0.25) is 9.78 Å². The molecule has 1 fully saturated rings. The third-order valence-electron chi connectivity index (χ3n) is 5.92. The van der Waals surface area contributed by atoms with Crippen molar-refractivity contribution < 1.29 is 13.6 Å². The molecule has 9 heteroatoms. The standard InChI is InChI=1S/C25H28F2N6O/c1-16(26)12-25(2,23-20(27)7-4-10-29-23)15-30-22-9-8-21(32-33-22)17-5-3-6-18(11-17)24(34)31-19-13-28-14-19/h3-11,16,19,28H,12-15H2,1-2H3,(H,30,33)(H,31,34)/t16-,25-/m0/s1. The molecule has 34 heavy (non-hydrogen) atoms. The number of nitrogens with one attached hydrogen (secondary N) is 3. The van der Waals surface area contributed by atoms with Gasteiger partial charge in [-0.1, -0.05) is 19.1 Å². The predicted octanol–water partition coefficient (Wildman–Crippen LogP) is 3.50. The Balaban J connectivity index is 1.45. The van der Waals surface area contributed by atoms with E-state index in [-0.39, 0.29) is 30.6 Å². The highest BCUT2D eigenvalue weighted by molar-refractivity contribution is 5.95. The summed E-state index contributed by atoms with van der Waals surface area (Å²) in [6.45, 7) is 5.02. The number of carbonyl (C=O) groups excluding carboxylic acids is 1. The Morgan fingerprint density at radius 1 is 1.21 bits per heavy atom. The van der Waals surface area contributed by atoms with Crippen LogP contribution in [0.3, 0.4) is 0 Å². The summed E-state index contributed by atoms with van der Waals surface area (Å²) in [6, 6.07) is 13.8. The lowest BCUT2D eigenvalue weighted by Gasteiger charge is -2.30. The largest absolute Gasteiger partial charge is 0.368 e. The van der Waals surface area contributed by atoms with Crippen LogP contribution in [-0.4, -0.2) is 52.9 Å². The van der Waals surface area contributed by atoms with Crippen molar-refractivity contribution in [3.05, 3.63) is 71.8 Å². The average Bonchev–Trinajstić information content (AvgIpc) is 2.80. The highest BCUT2D eigenvalue weighted by Gasteiger charge is 2.33. The molecule has 178 valence electrons. The number of anilines is 1. The number of nitrogens with zero attached hydrogens (tertiary/aromatic N) is 3. The number of alkyl halides is 1. The van der Waals surface area contributed by atoms with E-state index in [4.69, 9.17) is 0 Å². The van der Waals surface area contributed by atoms with Crippen LogP contribution in [0, 0.1) is 5.82 Å². The van der Waals surface area contributed by atoms with Gasteiger partial charge in [0.2, 0.25) is 0 Å². The summed E-state index contributed by atoms with van der Waals surface area (Å²) < 4.78 is 28.3. The molecule has 2 aromatic heterocycles. The van der Waals surface area contributed by atoms with Crippen LogP contribution in [0.5, 0.6) is 0 Å². The number of halogens is 2.